The molecular weight excluding hydrogens is 339 g/mol. The lowest BCUT2D eigenvalue weighted by atomic mass is 9.91. The van der Waals surface area contributed by atoms with Gasteiger partial charge >= 0.3 is 6.18 Å². The van der Waals surface area contributed by atoms with E-state index in [4.69, 9.17) is 4.74 Å². The number of carbonyl (C=O) groups is 2. The van der Waals surface area contributed by atoms with E-state index < -0.39 is 24.2 Å². The molecule has 1 saturated heterocycles. The largest absolute Gasteiger partial charge is 0.405 e. The van der Waals surface area contributed by atoms with Crippen LogP contribution in [0.2, 0.25) is 0 Å². The van der Waals surface area contributed by atoms with E-state index in [0.29, 0.717) is 31.6 Å². The molecule has 1 aromatic rings. The maximum Gasteiger partial charge on any atom is 0.405 e. The first-order valence-electron chi connectivity index (χ1n) is 7.78. The van der Waals surface area contributed by atoms with Crippen LogP contribution < -0.4 is 16.0 Å². The van der Waals surface area contributed by atoms with Crippen molar-refractivity contribution in [1.29, 1.82) is 0 Å². The summed E-state index contributed by atoms with van der Waals surface area (Å²) < 4.78 is 41.7. The Balaban J connectivity index is 1.97. The molecule has 2 amide bonds. The van der Waals surface area contributed by atoms with E-state index >= 15 is 0 Å². The number of ether oxygens (including phenoxy) is 1. The van der Waals surface area contributed by atoms with Crippen molar-refractivity contribution in [3.05, 3.63) is 29.8 Å². The summed E-state index contributed by atoms with van der Waals surface area (Å²) in [6, 6.07) is 5.63. The quantitative estimate of drug-likeness (QED) is 0.748. The third kappa shape index (κ3) is 5.17. The zero-order valence-electron chi connectivity index (χ0n) is 13.7. The van der Waals surface area contributed by atoms with Gasteiger partial charge in [-0.05, 0) is 50.2 Å². The Morgan fingerprint density at radius 1 is 1.20 bits per heavy atom. The minimum Gasteiger partial charge on any atom is -0.368 e. The molecule has 0 bridgehead atoms. The van der Waals surface area contributed by atoms with Crippen LogP contribution in [0.4, 0.5) is 18.9 Å². The molecule has 3 N–H and O–H groups in total. The summed E-state index contributed by atoms with van der Waals surface area (Å²) in [5.74, 6) is -1.12. The van der Waals surface area contributed by atoms with Crippen LogP contribution in [0.25, 0.3) is 0 Å². The number of alkyl halides is 3. The van der Waals surface area contributed by atoms with E-state index in [9.17, 15) is 22.8 Å². The predicted octanol–water partition coefficient (Wildman–Crippen LogP) is 1.69. The fourth-order valence-corrected chi connectivity index (χ4v) is 2.59. The maximum absolute atomic E-state index is 12.5. The molecule has 0 radical (unpaired) electrons. The highest BCUT2D eigenvalue weighted by Gasteiger charge is 2.39. The summed E-state index contributed by atoms with van der Waals surface area (Å²) in [7, 11) is 1.49. The highest BCUT2D eigenvalue weighted by Crippen LogP contribution is 2.24. The van der Waals surface area contributed by atoms with Gasteiger partial charge in [-0.15, -0.1) is 0 Å². The Morgan fingerprint density at radius 2 is 1.80 bits per heavy atom. The number of benzene rings is 1. The number of rotatable bonds is 5. The van der Waals surface area contributed by atoms with Crippen molar-refractivity contribution in [3.8, 4) is 0 Å². The second-order valence-electron chi connectivity index (χ2n) is 5.78. The summed E-state index contributed by atoms with van der Waals surface area (Å²) >= 11 is 0. The van der Waals surface area contributed by atoms with Gasteiger partial charge in [0.1, 0.15) is 12.1 Å². The normalized spacial score (nSPS) is 17.0. The molecule has 1 heterocycles. The molecule has 0 spiro atoms. The fraction of sp³-hybridized carbons (Fsp3) is 0.500. The first-order valence-corrected chi connectivity index (χ1v) is 7.78. The molecule has 1 fully saturated rings. The van der Waals surface area contributed by atoms with Crippen molar-refractivity contribution in [2.75, 3.05) is 32.1 Å². The number of methoxy groups -OCH3 is 1. The summed E-state index contributed by atoms with van der Waals surface area (Å²) in [6.45, 7) is -0.0616. The second-order valence-corrected chi connectivity index (χ2v) is 5.78. The number of anilines is 1. The van der Waals surface area contributed by atoms with Crippen molar-refractivity contribution >= 4 is 17.5 Å². The van der Waals surface area contributed by atoms with Crippen LogP contribution in [0, 0.1) is 0 Å². The number of nitrogens with one attached hydrogen (secondary N) is 3. The van der Waals surface area contributed by atoms with Gasteiger partial charge in [-0.3, -0.25) is 9.59 Å². The van der Waals surface area contributed by atoms with E-state index in [0.717, 1.165) is 0 Å². The highest BCUT2D eigenvalue weighted by atomic mass is 19.4. The molecule has 1 aliphatic heterocycles. The molecule has 0 atom stereocenters. The average molecular weight is 359 g/mol. The van der Waals surface area contributed by atoms with Gasteiger partial charge in [0.25, 0.3) is 11.8 Å². The fourth-order valence-electron chi connectivity index (χ4n) is 2.59. The van der Waals surface area contributed by atoms with E-state index in [1.54, 1.807) is 5.32 Å². The molecule has 0 aliphatic carbocycles. The SMILES string of the molecule is COC1(C(=O)Nc2ccc(C(=O)NCC(F)(F)F)cc2)CCNCC1. The molecule has 1 aromatic carbocycles. The number of hydrogen-bond acceptors (Lipinski definition) is 4. The topological polar surface area (TPSA) is 79.5 Å². The zero-order chi connectivity index (χ0) is 18.5. The Labute approximate surface area is 143 Å². The lowest BCUT2D eigenvalue weighted by Crippen LogP contribution is -2.51. The van der Waals surface area contributed by atoms with Crippen molar-refractivity contribution < 1.29 is 27.5 Å². The predicted molar refractivity (Wildman–Crippen MR) is 85.3 cm³/mol. The van der Waals surface area contributed by atoms with E-state index in [-0.39, 0.29) is 11.5 Å². The van der Waals surface area contributed by atoms with E-state index in [1.807, 2.05) is 0 Å². The lowest BCUT2D eigenvalue weighted by Gasteiger charge is -2.34. The smallest absolute Gasteiger partial charge is 0.368 e. The minimum absolute atomic E-state index is 0.0746. The van der Waals surface area contributed by atoms with Gasteiger partial charge in [0.05, 0.1) is 0 Å². The third-order valence-electron chi connectivity index (χ3n) is 4.07. The first kappa shape index (κ1) is 19.2. The van der Waals surface area contributed by atoms with E-state index in [2.05, 4.69) is 10.6 Å². The van der Waals surface area contributed by atoms with Crippen LogP contribution in [0.15, 0.2) is 24.3 Å². The van der Waals surface area contributed by atoms with Gasteiger partial charge in [-0.2, -0.15) is 13.2 Å². The van der Waals surface area contributed by atoms with E-state index in [1.165, 1.54) is 31.4 Å². The molecule has 2 rings (SSSR count). The first-order chi connectivity index (χ1) is 11.8. The Bertz CT molecular complexity index is 611. The van der Waals surface area contributed by atoms with Crippen LogP contribution in [0.5, 0.6) is 0 Å². The molecule has 138 valence electrons. The Hall–Kier alpha value is -2.13. The number of carbonyl (C=O) groups excluding carboxylic acids is 2. The van der Waals surface area contributed by atoms with Crippen LogP contribution in [0.3, 0.4) is 0 Å². The number of piperidine rings is 1. The van der Waals surface area contributed by atoms with Crippen LogP contribution in [-0.4, -0.2) is 50.3 Å². The molecule has 0 saturated carbocycles. The maximum atomic E-state index is 12.5. The average Bonchev–Trinajstić information content (AvgIpc) is 2.60. The third-order valence-corrected chi connectivity index (χ3v) is 4.07. The van der Waals surface area contributed by atoms with Gasteiger partial charge in [-0.1, -0.05) is 0 Å². The number of halogens is 3. The molecular formula is C16H20F3N3O3. The molecule has 25 heavy (non-hydrogen) atoms. The summed E-state index contributed by atoms with van der Waals surface area (Å²) in [5.41, 5.74) is -0.397. The number of amides is 2. The van der Waals surface area contributed by atoms with Gasteiger partial charge in [0, 0.05) is 18.4 Å². The Kier molecular flexibility index (Phi) is 6.02. The minimum atomic E-state index is -4.47. The molecule has 6 nitrogen and oxygen atoms in total. The standard InChI is InChI=1S/C16H20F3N3O3/c1-25-15(6-8-20-9-7-15)14(24)22-12-4-2-11(3-5-12)13(23)21-10-16(17,18)19/h2-5,20H,6-10H2,1H3,(H,21,23)(H,22,24). The van der Waals surface area contributed by atoms with Crippen LogP contribution >= 0.6 is 0 Å². The lowest BCUT2D eigenvalue weighted by molar-refractivity contribution is -0.140. The molecule has 0 unspecified atom stereocenters. The second kappa shape index (κ2) is 7.83. The van der Waals surface area contributed by atoms with Crippen LogP contribution in [0.1, 0.15) is 23.2 Å². The summed E-state index contributed by atoms with van der Waals surface area (Å²) in [6.07, 6.45) is -3.40. The van der Waals surface area contributed by atoms with Gasteiger partial charge in [0.15, 0.2) is 0 Å². The van der Waals surface area contributed by atoms with Gasteiger partial charge < -0.3 is 20.7 Å². The van der Waals surface area contributed by atoms with Gasteiger partial charge in [0.2, 0.25) is 0 Å². The summed E-state index contributed by atoms with van der Waals surface area (Å²) in [5, 5.41) is 7.66. The van der Waals surface area contributed by atoms with Crippen molar-refractivity contribution in [3.63, 3.8) is 0 Å². The summed E-state index contributed by atoms with van der Waals surface area (Å²) in [4.78, 5) is 24.1. The van der Waals surface area contributed by atoms with Crippen molar-refractivity contribution in [2.45, 2.75) is 24.6 Å². The van der Waals surface area contributed by atoms with Crippen molar-refractivity contribution in [1.82, 2.24) is 10.6 Å². The van der Waals surface area contributed by atoms with Gasteiger partial charge in [-0.25, -0.2) is 0 Å². The monoisotopic (exact) mass is 359 g/mol. The highest BCUT2D eigenvalue weighted by molar-refractivity contribution is 5.98. The molecule has 1 aliphatic rings. The zero-order valence-corrected chi connectivity index (χ0v) is 13.7. The molecule has 0 aromatic heterocycles. The van der Waals surface area contributed by atoms with Crippen molar-refractivity contribution in [2.24, 2.45) is 0 Å². The van der Waals surface area contributed by atoms with Crippen LogP contribution in [-0.2, 0) is 9.53 Å². The number of hydrogen-bond donors (Lipinski definition) is 3. The molecule has 9 heteroatoms. The Morgan fingerprint density at radius 3 is 2.32 bits per heavy atom.